The van der Waals surface area contributed by atoms with Crippen LogP contribution >= 0.6 is 11.8 Å². The van der Waals surface area contributed by atoms with Crippen LogP contribution in [0.1, 0.15) is 43.5 Å². The summed E-state index contributed by atoms with van der Waals surface area (Å²) in [5, 5.41) is 12.2. The highest BCUT2D eigenvalue weighted by atomic mass is 32.2. The number of hydrogen-bond acceptors (Lipinski definition) is 8. The molecule has 2 heterocycles. The van der Waals surface area contributed by atoms with Gasteiger partial charge in [0.15, 0.2) is 6.10 Å². The Bertz CT molecular complexity index is 930. The number of rotatable bonds is 11. The molecular weight excluding hydrogens is 488 g/mol. The second-order valence-corrected chi connectivity index (χ2v) is 9.91. The molecule has 200 valence electrons. The van der Waals surface area contributed by atoms with Crippen LogP contribution < -0.4 is 10.1 Å². The molecule has 1 aromatic rings. The molecule has 1 saturated carbocycles. The Balaban J connectivity index is 1.77. The van der Waals surface area contributed by atoms with Gasteiger partial charge in [0.25, 0.3) is 5.91 Å². The van der Waals surface area contributed by atoms with Crippen molar-refractivity contribution >= 4 is 29.9 Å². The topological polar surface area (TPSA) is 131 Å². The van der Waals surface area contributed by atoms with E-state index in [9.17, 15) is 19.5 Å². The van der Waals surface area contributed by atoms with E-state index in [4.69, 9.17) is 9.47 Å². The van der Waals surface area contributed by atoms with E-state index in [1.165, 1.54) is 12.0 Å². The van der Waals surface area contributed by atoms with Crippen molar-refractivity contribution in [3.63, 3.8) is 0 Å². The minimum absolute atomic E-state index is 0.0209. The number of morpholine rings is 1. The lowest BCUT2D eigenvalue weighted by Gasteiger charge is -2.39. The summed E-state index contributed by atoms with van der Waals surface area (Å²) >= 11 is 1.56. The third-order valence-corrected chi connectivity index (χ3v) is 7.02. The first-order valence-electron chi connectivity index (χ1n) is 12.1. The molecule has 0 spiro atoms. The Hall–Kier alpha value is -2.73. The summed E-state index contributed by atoms with van der Waals surface area (Å²) in [5.74, 6) is 0.869. The number of methoxy groups -OCH3 is 2. The minimum Gasteiger partial charge on any atom is -0.481 e. The van der Waals surface area contributed by atoms with E-state index in [1.807, 2.05) is 30.2 Å². The molecule has 1 aliphatic heterocycles. The van der Waals surface area contributed by atoms with Crippen LogP contribution in [-0.4, -0.2) is 102 Å². The molecule has 1 aromatic heterocycles. The van der Waals surface area contributed by atoms with E-state index in [0.717, 1.165) is 24.1 Å². The van der Waals surface area contributed by atoms with Crippen LogP contribution in [0.25, 0.3) is 0 Å². The fourth-order valence-corrected chi connectivity index (χ4v) is 4.92. The lowest BCUT2D eigenvalue weighted by Crippen LogP contribution is -2.56. The summed E-state index contributed by atoms with van der Waals surface area (Å²) in [5.41, 5.74) is 1.67. The zero-order chi connectivity index (χ0) is 26.2. The van der Waals surface area contributed by atoms with Crippen molar-refractivity contribution in [2.24, 2.45) is 0 Å². The summed E-state index contributed by atoms with van der Waals surface area (Å²) in [6, 6.07) is 3.58. The van der Waals surface area contributed by atoms with Crippen LogP contribution in [0, 0.1) is 0 Å². The molecule has 0 bridgehead atoms. The summed E-state index contributed by atoms with van der Waals surface area (Å²) in [6.45, 7) is 2.69. The van der Waals surface area contributed by atoms with E-state index in [0.29, 0.717) is 31.0 Å². The molecule has 11 nitrogen and oxygen atoms in total. The summed E-state index contributed by atoms with van der Waals surface area (Å²) in [7, 11) is 2.87. The highest BCUT2D eigenvalue weighted by Crippen LogP contribution is 2.36. The zero-order valence-corrected chi connectivity index (χ0v) is 22.1. The molecule has 12 heteroatoms. The average Bonchev–Trinajstić information content (AvgIpc) is 3.71. The number of nitrogens with zero attached hydrogens (tertiary/aromatic N) is 3. The number of amides is 3. The molecule has 1 saturated heterocycles. The summed E-state index contributed by atoms with van der Waals surface area (Å²) in [6.07, 6.45) is 2.29. The normalized spacial score (nSPS) is 20.4. The SMILES string of the molecule is COC(=O)NCCCc1cc([C@@H](C)N(C(=O)[C@H]2CN(C(=O)O)C[C@@H](CSC)O2)C2CC2)cc(OC)n1. The molecule has 0 aromatic carbocycles. The van der Waals surface area contributed by atoms with Gasteiger partial charge in [-0.05, 0) is 50.5 Å². The number of nitrogens with one attached hydrogen (secondary N) is 1. The fourth-order valence-electron chi connectivity index (χ4n) is 4.36. The molecule has 0 unspecified atom stereocenters. The quantitative estimate of drug-likeness (QED) is 0.419. The van der Waals surface area contributed by atoms with Crippen LogP contribution in [0.4, 0.5) is 9.59 Å². The zero-order valence-electron chi connectivity index (χ0n) is 21.3. The smallest absolute Gasteiger partial charge is 0.407 e. The lowest BCUT2D eigenvalue weighted by atomic mass is 10.0. The molecule has 0 radical (unpaired) electrons. The Morgan fingerprint density at radius 1 is 1.31 bits per heavy atom. The monoisotopic (exact) mass is 524 g/mol. The van der Waals surface area contributed by atoms with E-state index in [-0.39, 0.29) is 37.2 Å². The molecular formula is C24H36N4O7S. The Morgan fingerprint density at radius 2 is 2.06 bits per heavy atom. The van der Waals surface area contributed by atoms with E-state index in [2.05, 4.69) is 15.0 Å². The second kappa shape index (κ2) is 13.0. The van der Waals surface area contributed by atoms with Gasteiger partial charge in [0.1, 0.15) is 0 Å². The predicted molar refractivity (Wildman–Crippen MR) is 134 cm³/mol. The molecule has 2 fully saturated rings. The number of aryl methyl sites for hydroxylation is 1. The highest BCUT2D eigenvalue weighted by molar-refractivity contribution is 7.98. The summed E-state index contributed by atoms with van der Waals surface area (Å²) in [4.78, 5) is 44.3. The number of ether oxygens (including phenoxy) is 3. The molecule has 3 atom stereocenters. The van der Waals surface area contributed by atoms with Gasteiger partial charge in [-0.15, -0.1) is 0 Å². The second-order valence-electron chi connectivity index (χ2n) is 9.00. The van der Waals surface area contributed by atoms with Gasteiger partial charge in [-0.3, -0.25) is 4.79 Å². The third-order valence-electron chi connectivity index (χ3n) is 6.31. The van der Waals surface area contributed by atoms with E-state index >= 15 is 0 Å². The number of alkyl carbamates (subject to hydrolysis) is 1. The van der Waals surface area contributed by atoms with E-state index < -0.39 is 18.3 Å². The first kappa shape index (κ1) is 27.9. The van der Waals surface area contributed by atoms with Gasteiger partial charge in [0.05, 0.1) is 39.5 Å². The van der Waals surface area contributed by atoms with Gasteiger partial charge < -0.3 is 34.4 Å². The number of thioether (sulfide) groups is 1. The van der Waals surface area contributed by atoms with Gasteiger partial charge in [-0.2, -0.15) is 11.8 Å². The van der Waals surface area contributed by atoms with Crippen molar-refractivity contribution in [3.05, 3.63) is 23.4 Å². The molecule has 3 rings (SSSR count). The lowest BCUT2D eigenvalue weighted by molar-refractivity contribution is -0.157. The van der Waals surface area contributed by atoms with Gasteiger partial charge in [0.2, 0.25) is 5.88 Å². The number of carbonyl (C=O) groups is 3. The number of carbonyl (C=O) groups excluding carboxylic acids is 2. The molecule has 3 amide bonds. The van der Waals surface area contributed by atoms with Gasteiger partial charge in [-0.25, -0.2) is 14.6 Å². The van der Waals surface area contributed by atoms with Crippen molar-refractivity contribution in [2.45, 2.75) is 56.9 Å². The Labute approximate surface area is 215 Å². The van der Waals surface area contributed by atoms with Crippen LogP contribution in [-0.2, 0) is 20.7 Å². The van der Waals surface area contributed by atoms with Crippen molar-refractivity contribution < 1.29 is 33.7 Å². The maximum atomic E-state index is 13.7. The maximum absolute atomic E-state index is 13.7. The Kier molecular flexibility index (Phi) is 10.1. The van der Waals surface area contributed by atoms with Crippen LogP contribution in [0.15, 0.2) is 12.1 Å². The molecule has 2 aliphatic rings. The van der Waals surface area contributed by atoms with Crippen molar-refractivity contribution in [1.29, 1.82) is 0 Å². The predicted octanol–water partition coefficient (Wildman–Crippen LogP) is 2.54. The van der Waals surface area contributed by atoms with Gasteiger partial charge in [-0.1, -0.05) is 0 Å². The minimum atomic E-state index is -1.04. The molecule has 2 N–H and O–H groups in total. The molecule has 36 heavy (non-hydrogen) atoms. The van der Waals surface area contributed by atoms with Crippen LogP contribution in [0.3, 0.4) is 0 Å². The number of hydrogen-bond donors (Lipinski definition) is 2. The van der Waals surface area contributed by atoms with E-state index in [1.54, 1.807) is 18.9 Å². The third kappa shape index (κ3) is 7.39. The standard InChI is InChI=1S/C24H36N4O7S/c1-15(16-10-17(26-21(11-16)33-2)6-5-9-25-23(30)34-3)28(18-7-8-18)22(29)20-13-27(24(31)32)12-19(35-20)14-36-4/h10-11,15,18-20H,5-9,12-14H2,1-4H3,(H,25,30)(H,31,32)/t15-,19+,20-/m1/s1. The number of carboxylic acid groups (broad SMARTS) is 1. The van der Waals surface area contributed by atoms with Crippen molar-refractivity contribution in [2.75, 3.05) is 45.9 Å². The van der Waals surface area contributed by atoms with Crippen molar-refractivity contribution in [3.8, 4) is 5.88 Å². The fraction of sp³-hybridized carbons (Fsp3) is 0.667. The van der Waals surface area contributed by atoms with Crippen LogP contribution in [0.5, 0.6) is 5.88 Å². The molecule has 1 aliphatic carbocycles. The number of aromatic nitrogens is 1. The van der Waals surface area contributed by atoms with Crippen molar-refractivity contribution in [1.82, 2.24) is 20.1 Å². The Morgan fingerprint density at radius 3 is 2.67 bits per heavy atom. The van der Waals surface area contributed by atoms with Gasteiger partial charge in [0, 0.05) is 30.1 Å². The van der Waals surface area contributed by atoms with Crippen LogP contribution in [0.2, 0.25) is 0 Å². The first-order valence-corrected chi connectivity index (χ1v) is 13.5. The maximum Gasteiger partial charge on any atom is 0.407 e. The number of pyridine rings is 1. The summed E-state index contributed by atoms with van der Waals surface area (Å²) < 4.78 is 16.1. The van der Waals surface area contributed by atoms with Gasteiger partial charge >= 0.3 is 12.2 Å². The largest absolute Gasteiger partial charge is 0.481 e. The first-order chi connectivity index (χ1) is 17.3. The average molecular weight is 525 g/mol. The highest BCUT2D eigenvalue weighted by Gasteiger charge is 2.43.